The second-order valence-corrected chi connectivity index (χ2v) is 9.93. The number of hydrogen-bond donors (Lipinski definition) is 1. The molecule has 33 heavy (non-hydrogen) atoms. The third-order valence-electron chi connectivity index (χ3n) is 7.94. The lowest BCUT2D eigenvalue weighted by Gasteiger charge is -2.31. The SMILES string of the molecule is Cc1c(C(=O)Nc2c(C)n(C)n(C3CCCCC3)c2=O)noc1C1=CCC2(CCCO2)CC1. The molecule has 1 saturated heterocycles. The summed E-state index contributed by atoms with van der Waals surface area (Å²) in [6, 6.07) is 0.186. The van der Waals surface area contributed by atoms with E-state index in [1.807, 2.05) is 25.6 Å². The van der Waals surface area contributed by atoms with Gasteiger partial charge in [-0.2, -0.15) is 0 Å². The maximum Gasteiger partial charge on any atom is 0.291 e. The van der Waals surface area contributed by atoms with Crippen LogP contribution in [0.1, 0.15) is 97.8 Å². The fraction of sp³-hybridized carbons (Fsp3) is 0.640. The molecule has 3 heterocycles. The van der Waals surface area contributed by atoms with Crippen molar-refractivity contribution in [3.05, 3.63) is 39.1 Å². The molecule has 5 rings (SSSR count). The number of amides is 1. The van der Waals surface area contributed by atoms with Gasteiger partial charge in [-0.15, -0.1) is 0 Å². The van der Waals surface area contributed by atoms with E-state index in [4.69, 9.17) is 9.26 Å². The summed E-state index contributed by atoms with van der Waals surface area (Å²) < 4.78 is 15.3. The number of anilines is 1. The van der Waals surface area contributed by atoms with Crippen molar-refractivity contribution < 1.29 is 14.1 Å². The Hall–Kier alpha value is -2.61. The molecule has 8 nitrogen and oxygen atoms in total. The largest absolute Gasteiger partial charge is 0.375 e. The fourth-order valence-corrected chi connectivity index (χ4v) is 5.82. The Labute approximate surface area is 193 Å². The van der Waals surface area contributed by atoms with Gasteiger partial charge in [0.2, 0.25) is 0 Å². The first-order valence-corrected chi connectivity index (χ1v) is 12.3. The summed E-state index contributed by atoms with van der Waals surface area (Å²) in [6.45, 7) is 4.57. The zero-order valence-electron chi connectivity index (χ0n) is 19.9. The second kappa shape index (κ2) is 8.63. The molecular weight excluding hydrogens is 420 g/mol. The quantitative estimate of drug-likeness (QED) is 0.725. The van der Waals surface area contributed by atoms with Crippen LogP contribution in [0.5, 0.6) is 0 Å². The molecule has 1 aliphatic heterocycles. The van der Waals surface area contributed by atoms with Gasteiger partial charge in [-0.1, -0.05) is 30.5 Å². The minimum absolute atomic E-state index is 0.0132. The number of nitrogens with zero attached hydrogens (tertiary/aromatic N) is 3. The van der Waals surface area contributed by atoms with E-state index in [1.54, 1.807) is 4.68 Å². The summed E-state index contributed by atoms with van der Waals surface area (Å²) in [5.41, 5.74) is 2.94. The zero-order chi connectivity index (χ0) is 23.2. The molecule has 2 fully saturated rings. The van der Waals surface area contributed by atoms with Crippen molar-refractivity contribution in [1.82, 2.24) is 14.5 Å². The lowest BCUT2D eigenvalue weighted by Crippen LogP contribution is -2.29. The first-order chi connectivity index (χ1) is 15.9. The molecule has 2 aliphatic carbocycles. The van der Waals surface area contributed by atoms with Gasteiger partial charge in [0.25, 0.3) is 11.5 Å². The maximum atomic E-state index is 13.2. The molecule has 2 aromatic rings. The van der Waals surface area contributed by atoms with Crippen LogP contribution in [0.3, 0.4) is 0 Å². The van der Waals surface area contributed by atoms with Crippen LogP contribution in [0.25, 0.3) is 5.57 Å². The second-order valence-electron chi connectivity index (χ2n) is 9.93. The van der Waals surface area contributed by atoms with E-state index in [1.165, 1.54) is 6.42 Å². The van der Waals surface area contributed by atoms with Crippen molar-refractivity contribution in [2.45, 2.75) is 89.7 Å². The Balaban J connectivity index is 1.36. The molecule has 1 saturated carbocycles. The van der Waals surface area contributed by atoms with Gasteiger partial charge in [0.1, 0.15) is 5.69 Å². The van der Waals surface area contributed by atoms with Crippen molar-refractivity contribution in [2.24, 2.45) is 7.05 Å². The normalized spacial score (nSPS) is 23.8. The van der Waals surface area contributed by atoms with E-state index < -0.39 is 5.91 Å². The molecule has 1 atom stereocenters. The average Bonchev–Trinajstić information content (AvgIpc) is 3.49. The van der Waals surface area contributed by atoms with Crippen LogP contribution < -0.4 is 10.9 Å². The molecule has 1 N–H and O–H groups in total. The number of allylic oxidation sites excluding steroid dienone is 1. The third kappa shape index (κ3) is 3.88. The number of ether oxygens (including phenoxy) is 1. The Kier molecular flexibility index (Phi) is 5.80. The Morgan fingerprint density at radius 1 is 1.18 bits per heavy atom. The Morgan fingerprint density at radius 2 is 1.97 bits per heavy atom. The van der Waals surface area contributed by atoms with Gasteiger partial charge in [0.05, 0.1) is 17.3 Å². The van der Waals surface area contributed by atoms with Gasteiger partial charge in [-0.05, 0) is 64.4 Å². The van der Waals surface area contributed by atoms with Gasteiger partial charge in [0.15, 0.2) is 11.5 Å². The van der Waals surface area contributed by atoms with Crippen LogP contribution in [0, 0.1) is 13.8 Å². The van der Waals surface area contributed by atoms with E-state index >= 15 is 0 Å². The molecule has 0 bridgehead atoms. The predicted octanol–water partition coefficient (Wildman–Crippen LogP) is 4.67. The number of nitrogens with one attached hydrogen (secondary N) is 1. The maximum absolute atomic E-state index is 13.2. The molecule has 3 aliphatic rings. The summed E-state index contributed by atoms with van der Waals surface area (Å²) in [5, 5.41) is 6.92. The van der Waals surface area contributed by atoms with Crippen molar-refractivity contribution in [3.63, 3.8) is 0 Å². The monoisotopic (exact) mass is 454 g/mol. The van der Waals surface area contributed by atoms with Gasteiger partial charge in [-0.25, -0.2) is 4.68 Å². The van der Waals surface area contributed by atoms with Crippen LogP contribution >= 0.6 is 0 Å². The Bertz CT molecular complexity index is 1140. The van der Waals surface area contributed by atoms with Gasteiger partial charge in [-0.3, -0.25) is 14.3 Å². The fourth-order valence-electron chi connectivity index (χ4n) is 5.82. The first-order valence-electron chi connectivity index (χ1n) is 12.3. The zero-order valence-corrected chi connectivity index (χ0v) is 19.9. The highest BCUT2D eigenvalue weighted by atomic mass is 16.5. The van der Waals surface area contributed by atoms with Gasteiger partial charge in [0, 0.05) is 19.2 Å². The highest BCUT2D eigenvalue weighted by molar-refractivity contribution is 6.04. The van der Waals surface area contributed by atoms with E-state index in [0.29, 0.717) is 17.0 Å². The number of carbonyl (C=O) groups is 1. The van der Waals surface area contributed by atoms with Crippen molar-refractivity contribution in [1.29, 1.82) is 0 Å². The highest BCUT2D eigenvalue weighted by Gasteiger charge is 2.37. The summed E-state index contributed by atoms with van der Waals surface area (Å²) in [6.07, 6.45) is 12.6. The summed E-state index contributed by atoms with van der Waals surface area (Å²) in [4.78, 5) is 26.3. The predicted molar refractivity (Wildman–Crippen MR) is 125 cm³/mol. The van der Waals surface area contributed by atoms with E-state index in [-0.39, 0.29) is 22.9 Å². The van der Waals surface area contributed by atoms with E-state index in [2.05, 4.69) is 16.5 Å². The number of hydrogen-bond acceptors (Lipinski definition) is 5. The van der Waals surface area contributed by atoms with Crippen LogP contribution in [0.15, 0.2) is 15.4 Å². The highest BCUT2D eigenvalue weighted by Crippen LogP contribution is 2.42. The number of carbonyl (C=O) groups excluding carboxylic acids is 1. The van der Waals surface area contributed by atoms with E-state index in [9.17, 15) is 9.59 Å². The summed E-state index contributed by atoms with van der Waals surface area (Å²) >= 11 is 0. The van der Waals surface area contributed by atoms with Gasteiger partial charge >= 0.3 is 0 Å². The van der Waals surface area contributed by atoms with Crippen molar-refractivity contribution in [2.75, 3.05) is 11.9 Å². The molecule has 0 aromatic carbocycles. The van der Waals surface area contributed by atoms with Crippen LogP contribution in [0.4, 0.5) is 5.69 Å². The minimum atomic E-state index is -0.406. The molecule has 0 radical (unpaired) electrons. The molecule has 8 heteroatoms. The number of aromatic nitrogens is 3. The summed E-state index contributed by atoms with van der Waals surface area (Å²) in [7, 11) is 1.89. The number of rotatable bonds is 4. The molecule has 1 unspecified atom stereocenters. The minimum Gasteiger partial charge on any atom is -0.375 e. The lowest BCUT2D eigenvalue weighted by molar-refractivity contribution is -0.00173. The molecular formula is C25H34N4O4. The summed E-state index contributed by atoms with van der Waals surface area (Å²) in [5.74, 6) is 0.258. The lowest BCUT2D eigenvalue weighted by atomic mass is 9.82. The van der Waals surface area contributed by atoms with Crippen LogP contribution in [-0.4, -0.2) is 32.6 Å². The third-order valence-corrected chi connectivity index (χ3v) is 7.94. The van der Waals surface area contributed by atoms with Crippen LogP contribution in [-0.2, 0) is 11.8 Å². The topological polar surface area (TPSA) is 91.3 Å². The van der Waals surface area contributed by atoms with Crippen molar-refractivity contribution in [3.8, 4) is 0 Å². The first kappa shape index (κ1) is 22.2. The smallest absolute Gasteiger partial charge is 0.291 e. The molecule has 1 amide bonds. The Morgan fingerprint density at radius 3 is 2.64 bits per heavy atom. The van der Waals surface area contributed by atoms with Crippen LogP contribution in [0.2, 0.25) is 0 Å². The van der Waals surface area contributed by atoms with E-state index in [0.717, 1.165) is 75.7 Å². The molecule has 2 aromatic heterocycles. The molecule has 178 valence electrons. The van der Waals surface area contributed by atoms with Crippen molar-refractivity contribution >= 4 is 17.2 Å². The van der Waals surface area contributed by atoms with Gasteiger partial charge < -0.3 is 14.6 Å². The average molecular weight is 455 g/mol. The molecule has 1 spiro atoms. The standard InChI is InChI=1S/C25H34N4O4/c1-16-20(27-33-22(16)18-10-13-25(14-11-18)12-7-15-32-25)23(30)26-21-17(2)28(3)29(24(21)31)19-8-5-4-6-9-19/h10,19H,4-9,11-15H2,1-3H3,(H,26,30).